The third-order valence-electron chi connectivity index (χ3n) is 5.72. The van der Waals surface area contributed by atoms with E-state index in [0.29, 0.717) is 29.9 Å². The van der Waals surface area contributed by atoms with Gasteiger partial charge in [0.15, 0.2) is 5.11 Å². The molecule has 1 fully saturated rings. The van der Waals surface area contributed by atoms with Gasteiger partial charge in [0.1, 0.15) is 5.75 Å². The largest absolute Gasteiger partial charge is 0.494 e. The number of nitrogens with one attached hydrogen (secondary N) is 2. The molecular formula is C23H34N4O2S. The zero-order valence-corrected chi connectivity index (χ0v) is 19.2. The Morgan fingerprint density at radius 1 is 1.30 bits per heavy atom. The zero-order chi connectivity index (χ0) is 21.5. The quantitative estimate of drug-likeness (QED) is 0.594. The lowest BCUT2D eigenvalue weighted by atomic mass is 10.1. The monoisotopic (exact) mass is 430 g/mol. The summed E-state index contributed by atoms with van der Waals surface area (Å²) in [5.41, 5.74) is 1.46. The fourth-order valence-electron chi connectivity index (χ4n) is 3.73. The van der Waals surface area contributed by atoms with E-state index in [1.54, 1.807) is 0 Å². The number of nitrogens with zero attached hydrogens (tertiary/aromatic N) is 2. The van der Waals surface area contributed by atoms with Crippen LogP contribution in [0.4, 0.5) is 0 Å². The lowest BCUT2D eigenvalue weighted by Gasteiger charge is -2.29. The lowest BCUT2D eigenvalue weighted by Crippen LogP contribution is -2.46. The second-order valence-corrected chi connectivity index (χ2v) is 8.42. The van der Waals surface area contributed by atoms with Crippen molar-refractivity contribution in [1.82, 2.24) is 20.1 Å². The van der Waals surface area contributed by atoms with E-state index in [2.05, 4.69) is 33.9 Å². The number of likely N-dealkylation sites (tertiary alicyclic amines) is 1. The molecule has 2 N–H and O–H groups in total. The van der Waals surface area contributed by atoms with Gasteiger partial charge in [0.2, 0.25) is 0 Å². The average molecular weight is 431 g/mol. The number of thiocarbonyl (C=S) groups is 1. The fourth-order valence-corrected chi connectivity index (χ4v) is 4.09. The third kappa shape index (κ3) is 5.95. The topological polar surface area (TPSA) is 60.6 Å². The van der Waals surface area contributed by atoms with Gasteiger partial charge in [-0.1, -0.05) is 6.92 Å². The Bertz CT molecular complexity index is 908. The van der Waals surface area contributed by atoms with Crippen LogP contribution in [0, 0.1) is 0 Å². The molecule has 0 aliphatic carbocycles. The number of H-pyrrole nitrogens is 1. The number of ether oxygens (including phenoxy) is 1. The van der Waals surface area contributed by atoms with Gasteiger partial charge in [-0.2, -0.15) is 0 Å². The van der Waals surface area contributed by atoms with E-state index in [4.69, 9.17) is 17.0 Å². The number of fused-ring (bicyclic) bond motifs is 1. The molecule has 1 atom stereocenters. The molecule has 0 unspecified atom stereocenters. The molecule has 164 valence electrons. The molecule has 1 aromatic carbocycles. The minimum absolute atomic E-state index is 0.0656. The SMILES string of the molecule is CCOc1ccc2[nH]c(=O)c(CN(CCN3CCCC3)C(=S)N[C@@H](C)CC)cc2c1. The highest BCUT2D eigenvalue weighted by Crippen LogP contribution is 2.20. The zero-order valence-electron chi connectivity index (χ0n) is 18.4. The summed E-state index contributed by atoms with van der Waals surface area (Å²) in [6.45, 7) is 11.4. The Kier molecular flexibility index (Phi) is 8.10. The number of hydrogen-bond acceptors (Lipinski definition) is 4. The molecule has 1 aliphatic rings. The molecule has 0 saturated carbocycles. The first-order valence-corrected chi connectivity index (χ1v) is 11.5. The first-order chi connectivity index (χ1) is 14.5. The predicted molar refractivity (Wildman–Crippen MR) is 127 cm³/mol. The van der Waals surface area contributed by atoms with Gasteiger partial charge < -0.3 is 24.8 Å². The minimum Gasteiger partial charge on any atom is -0.494 e. The normalized spacial score (nSPS) is 15.3. The molecule has 7 heteroatoms. The number of rotatable bonds is 9. The van der Waals surface area contributed by atoms with Crippen LogP contribution in [0.25, 0.3) is 10.9 Å². The van der Waals surface area contributed by atoms with Crippen LogP contribution in [0.1, 0.15) is 45.6 Å². The summed E-state index contributed by atoms with van der Waals surface area (Å²) in [6, 6.07) is 8.02. The molecule has 1 aliphatic heterocycles. The van der Waals surface area contributed by atoms with Gasteiger partial charge in [-0.05, 0) is 82.7 Å². The van der Waals surface area contributed by atoms with Crippen molar-refractivity contribution in [3.63, 3.8) is 0 Å². The summed E-state index contributed by atoms with van der Waals surface area (Å²) < 4.78 is 5.62. The lowest BCUT2D eigenvalue weighted by molar-refractivity contribution is 0.284. The molecular weight excluding hydrogens is 396 g/mol. The number of hydrogen-bond donors (Lipinski definition) is 2. The maximum atomic E-state index is 12.8. The maximum Gasteiger partial charge on any atom is 0.253 e. The molecule has 0 bridgehead atoms. The van der Waals surface area contributed by atoms with Crippen molar-refractivity contribution in [1.29, 1.82) is 0 Å². The van der Waals surface area contributed by atoms with Gasteiger partial charge in [-0.25, -0.2) is 0 Å². The van der Waals surface area contributed by atoms with Crippen LogP contribution >= 0.6 is 12.2 Å². The van der Waals surface area contributed by atoms with Crippen molar-refractivity contribution in [3.05, 3.63) is 40.2 Å². The Morgan fingerprint density at radius 3 is 2.77 bits per heavy atom. The van der Waals surface area contributed by atoms with Crippen LogP contribution in [0.5, 0.6) is 5.75 Å². The summed E-state index contributed by atoms with van der Waals surface area (Å²) in [6.07, 6.45) is 3.53. The van der Waals surface area contributed by atoms with Gasteiger partial charge in [0.25, 0.3) is 5.56 Å². The second kappa shape index (κ2) is 10.8. The van der Waals surface area contributed by atoms with E-state index in [1.165, 1.54) is 12.8 Å². The summed E-state index contributed by atoms with van der Waals surface area (Å²) in [4.78, 5) is 20.4. The molecule has 6 nitrogen and oxygen atoms in total. The van der Waals surface area contributed by atoms with Crippen molar-refractivity contribution in [2.45, 2.75) is 52.6 Å². The predicted octanol–water partition coefficient (Wildman–Crippen LogP) is 3.50. The molecule has 1 aromatic heterocycles. The smallest absolute Gasteiger partial charge is 0.253 e. The van der Waals surface area contributed by atoms with Crippen LogP contribution in [-0.2, 0) is 6.54 Å². The van der Waals surface area contributed by atoms with Gasteiger partial charge >= 0.3 is 0 Å². The van der Waals surface area contributed by atoms with E-state index in [9.17, 15) is 4.79 Å². The van der Waals surface area contributed by atoms with E-state index < -0.39 is 0 Å². The highest BCUT2D eigenvalue weighted by molar-refractivity contribution is 7.80. The molecule has 3 rings (SSSR count). The molecule has 1 saturated heterocycles. The highest BCUT2D eigenvalue weighted by Gasteiger charge is 2.18. The first kappa shape index (κ1) is 22.6. The first-order valence-electron chi connectivity index (χ1n) is 11.1. The van der Waals surface area contributed by atoms with E-state index in [0.717, 1.165) is 49.3 Å². The summed E-state index contributed by atoms with van der Waals surface area (Å²) in [5.74, 6) is 0.808. The van der Waals surface area contributed by atoms with Crippen molar-refractivity contribution < 1.29 is 4.74 Å². The molecule has 30 heavy (non-hydrogen) atoms. The van der Waals surface area contributed by atoms with Crippen molar-refractivity contribution in [3.8, 4) is 5.75 Å². The summed E-state index contributed by atoms with van der Waals surface area (Å²) >= 11 is 5.72. The van der Waals surface area contributed by atoms with Crippen molar-refractivity contribution in [2.24, 2.45) is 0 Å². The third-order valence-corrected chi connectivity index (χ3v) is 6.10. The molecule has 0 spiro atoms. The Morgan fingerprint density at radius 2 is 2.07 bits per heavy atom. The Balaban J connectivity index is 1.81. The van der Waals surface area contributed by atoms with Crippen molar-refractivity contribution >= 4 is 28.2 Å². The van der Waals surface area contributed by atoms with E-state index in [1.807, 2.05) is 31.2 Å². The molecule has 2 aromatic rings. The van der Waals surface area contributed by atoms with E-state index in [-0.39, 0.29) is 5.56 Å². The Labute approximate surface area is 184 Å². The summed E-state index contributed by atoms with van der Waals surface area (Å²) in [7, 11) is 0. The Hall–Kier alpha value is -2.12. The second-order valence-electron chi connectivity index (χ2n) is 8.03. The number of benzene rings is 1. The van der Waals surface area contributed by atoms with Crippen LogP contribution in [0.3, 0.4) is 0 Å². The van der Waals surface area contributed by atoms with Gasteiger partial charge in [-0.3, -0.25) is 4.79 Å². The summed E-state index contributed by atoms with van der Waals surface area (Å²) in [5, 5.41) is 5.10. The molecule has 0 amide bonds. The van der Waals surface area contributed by atoms with Gasteiger partial charge in [-0.15, -0.1) is 0 Å². The number of pyridine rings is 1. The average Bonchev–Trinajstić information content (AvgIpc) is 3.25. The number of aromatic nitrogens is 1. The van der Waals surface area contributed by atoms with E-state index >= 15 is 0 Å². The van der Waals surface area contributed by atoms with Gasteiger partial charge in [0, 0.05) is 35.6 Å². The fraction of sp³-hybridized carbons (Fsp3) is 0.565. The minimum atomic E-state index is -0.0656. The van der Waals surface area contributed by atoms with Crippen LogP contribution in [0.15, 0.2) is 29.1 Å². The standard InChI is InChI=1S/C23H34N4O2S/c1-4-17(3)24-23(30)27(13-12-26-10-6-7-11-26)16-19-14-18-15-20(29-5-2)8-9-21(18)25-22(19)28/h8-9,14-15,17H,4-7,10-13,16H2,1-3H3,(H,24,30)(H,25,28)/t17-/m0/s1. The highest BCUT2D eigenvalue weighted by atomic mass is 32.1. The molecule has 0 radical (unpaired) electrons. The van der Waals surface area contributed by atoms with Crippen LogP contribution in [-0.4, -0.2) is 58.7 Å². The molecule has 2 heterocycles. The van der Waals surface area contributed by atoms with Crippen LogP contribution < -0.4 is 15.6 Å². The van der Waals surface area contributed by atoms with Gasteiger partial charge in [0.05, 0.1) is 13.2 Å². The number of aromatic amines is 1. The van der Waals surface area contributed by atoms with Crippen LogP contribution in [0.2, 0.25) is 0 Å². The van der Waals surface area contributed by atoms with Crippen molar-refractivity contribution in [2.75, 3.05) is 32.8 Å². The maximum absolute atomic E-state index is 12.8.